The standard InChI is InChI=1S/C12H15NO2/c1-2-4-10(5-3-1)12-8-11-6-7-14-9-13(11)15-12/h1-5,11-12H,6-9H2/t11-,12-/m1/s1. The third-order valence-corrected chi connectivity index (χ3v) is 3.14. The van der Waals surface area contributed by atoms with Crippen molar-refractivity contribution in [3.63, 3.8) is 0 Å². The van der Waals surface area contributed by atoms with Gasteiger partial charge in [-0.3, -0.25) is 4.84 Å². The normalized spacial score (nSPS) is 31.5. The molecule has 1 aromatic carbocycles. The van der Waals surface area contributed by atoms with Gasteiger partial charge >= 0.3 is 0 Å². The molecule has 0 amide bonds. The monoisotopic (exact) mass is 205 g/mol. The minimum Gasteiger partial charge on any atom is -0.364 e. The summed E-state index contributed by atoms with van der Waals surface area (Å²) in [4.78, 5) is 5.86. The minimum absolute atomic E-state index is 0.220. The summed E-state index contributed by atoms with van der Waals surface area (Å²) in [6, 6.07) is 11.0. The van der Waals surface area contributed by atoms with Crippen LogP contribution in [-0.2, 0) is 9.57 Å². The first kappa shape index (κ1) is 9.33. The van der Waals surface area contributed by atoms with Crippen molar-refractivity contribution in [1.82, 2.24) is 5.06 Å². The minimum atomic E-state index is 0.220. The van der Waals surface area contributed by atoms with E-state index >= 15 is 0 Å². The molecule has 80 valence electrons. The number of nitrogens with zero attached hydrogens (tertiary/aromatic N) is 1. The van der Waals surface area contributed by atoms with Gasteiger partial charge in [0.05, 0.1) is 6.61 Å². The van der Waals surface area contributed by atoms with Crippen LogP contribution < -0.4 is 0 Å². The van der Waals surface area contributed by atoms with Crippen molar-refractivity contribution in [2.24, 2.45) is 0 Å². The van der Waals surface area contributed by atoms with E-state index in [0.29, 0.717) is 12.8 Å². The Labute approximate surface area is 89.6 Å². The van der Waals surface area contributed by atoms with E-state index < -0.39 is 0 Å². The molecule has 3 heteroatoms. The van der Waals surface area contributed by atoms with Gasteiger partial charge in [-0.05, 0) is 18.4 Å². The predicted molar refractivity (Wildman–Crippen MR) is 55.9 cm³/mol. The molecule has 0 bridgehead atoms. The fourth-order valence-electron chi connectivity index (χ4n) is 2.29. The van der Waals surface area contributed by atoms with Gasteiger partial charge in [-0.2, -0.15) is 5.06 Å². The molecule has 2 heterocycles. The van der Waals surface area contributed by atoms with Crippen molar-refractivity contribution >= 4 is 0 Å². The molecule has 0 saturated carbocycles. The molecule has 3 nitrogen and oxygen atoms in total. The van der Waals surface area contributed by atoms with E-state index in [1.54, 1.807) is 0 Å². The lowest BCUT2D eigenvalue weighted by atomic mass is 10.0. The highest BCUT2D eigenvalue weighted by Crippen LogP contribution is 2.35. The second-order valence-electron chi connectivity index (χ2n) is 4.14. The first-order chi connectivity index (χ1) is 7.43. The molecule has 0 unspecified atom stereocenters. The van der Waals surface area contributed by atoms with Crippen LogP contribution in [0.5, 0.6) is 0 Å². The third kappa shape index (κ3) is 1.78. The van der Waals surface area contributed by atoms with Crippen molar-refractivity contribution in [2.75, 3.05) is 13.3 Å². The molecular formula is C12H15NO2. The number of rotatable bonds is 1. The predicted octanol–water partition coefficient (Wildman–Crippen LogP) is 2.11. The fraction of sp³-hybridized carbons (Fsp3) is 0.500. The summed E-state index contributed by atoms with van der Waals surface area (Å²) in [7, 11) is 0. The average molecular weight is 205 g/mol. The zero-order chi connectivity index (χ0) is 10.1. The first-order valence-electron chi connectivity index (χ1n) is 5.49. The van der Waals surface area contributed by atoms with Crippen molar-refractivity contribution in [2.45, 2.75) is 25.0 Å². The Balaban J connectivity index is 1.75. The van der Waals surface area contributed by atoms with Gasteiger partial charge < -0.3 is 4.74 Å². The van der Waals surface area contributed by atoms with Crippen molar-refractivity contribution in [3.05, 3.63) is 35.9 Å². The zero-order valence-electron chi connectivity index (χ0n) is 8.63. The topological polar surface area (TPSA) is 21.7 Å². The van der Waals surface area contributed by atoms with Crippen LogP contribution >= 0.6 is 0 Å². The lowest BCUT2D eigenvalue weighted by Gasteiger charge is -2.26. The van der Waals surface area contributed by atoms with Crippen LogP contribution in [0.2, 0.25) is 0 Å². The summed E-state index contributed by atoms with van der Waals surface area (Å²) >= 11 is 0. The van der Waals surface area contributed by atoms with E-state index in [-0.39, 0.29) is 6.10 Å². The SMILES string of the molecule is c1ccc([C@H]2C[C@H]3CCOCN3O2)cc1. The maximum atomic E-state index is 5.86. The molecule has 15 heavy (non-hydrogen) atoms. The Morgan fingerprint density at radius 1 is 1.20 bits per heavy atom. The molecule has 0 aromatic heterocycles. The van der Waals surface area contributed by atoms with Crippen molar-refractivity contribution in [3.8, 4) is 0 Å². The molecule has 0 spiro atoms. The molecule has 2 aliphatic rings. The summed E-state index contributed by atoms with van der Waals surface area (Å²) in [6.07, 6.45) is 2.40. The van der Waals surface area contributed by atoms with Crippen molar-refractivity contribution in [1.29, 1.82) is 0 Å². The van der Waals surface area contributed by atoms with Crippen LogP contribution in [0.4, 0.5) is 0 Å². The summed E-state index contributed by atoms with van der Waals surface area (Å²) in [5, 5.41) is 1.99. The van der Waals surface area contributed by atoms with Gasteiger partial charge in [-0.15, -0.1) is 0 Å². The van der Waals surface area contributed by atoms with Gasteiger partial charge in [0.15, 0.2) is 0 Å². The molecular weight excluding hydrogens is 190 g/mol. The van der Waals surface area contributed by atoms with Gasteiger partial charge in [0.2, 0.25) is 0 Å². The number of ether oxygens (including phenoxy) is 1. The van der Waals surface area contributed by atoms with E-state index in [4.69, 9.17) is 9.57 Å². The molecule has 0 aliphatic carbocycles. The Morgan fingerprint density at radius 2 is 2.07 bits per heavy atom. The highest BCUT2D eigenvalue weighted by molar-refractivity contribution is 5.18. The van der Waals surface area contributed by atoms with Crippen LogP contribution in [0.3, 0.4) is 0 Å². The summed E-state index contributed by atoms with van der Waals surface area (Å²) in [5.41, 5.74) is 1.27. The number of hydrogen-bond donors (Lipinski definition) is 0. The van der Waals surface area contributed by atoms with Gasteiger partial charge in [-0.1, -0.05) is 30.3 Å². The molecule has 2 atom stereocenters. The van der Waals surface area contributed by atoms with Gasteiger partial charge in [0.1, 0.15) is 12.8 Å². The van der Waals surface area contributed by atoms with Crippen LogP contribution in [0.25, 0.3) is 0 Å². The quantitative estimate of drug-likeness (QED) is 0.701. The average Bonchev–Trinajstić information content (AvgIpc) is 2.74. The van der Waals surface area contributed by atoms with Crippen molar-refractivity contribution < 1.29 is 9.57 Å². The number of fused-ring (bicyclic) bond motifs is 1. The smallest absolute Gasteiger partial charge is 0.122 e. The molecule has 0 N–H and O–H groups in total. The van der Waals surface area contributed by atoms with Crippen LogP contribution in [0.15, 0.2) is 30.3 Å². The van der Waals surface area contributed by atoms with E-state index in [0.717, 1.165) is 19.4 Å². The maximum Gasteiger partial charge on any atom is 0.122 e. The van der Waals surface area contributed by atoms with E-state index in [9.17, 15) is 0 Å². The summed E-state index contributed by atoms with van der Waals surface area (Å²) < 4.78 is 5.37. The maximum absolute atomic E-state index is 5.86. The largest absolute Gasteiger partial charge is 0.364 e. The second-order valence-corrected chi connectivity index (χ2v) is 4.14. The van der Waals surface area contributed by atoms with Gasteiger partial charge in [0, 0.05) is 6.04 Å². The van der Waals surface area contributed by atoms with E-state index in [2.05, 4.69) is 24.3 Å². The third-order valence-electron chi connectivity index (χ3n) is 3.14. The number of hydroxylamine groups is 2. The molecule has 0 radical (unpaired) electrons. The summed E-state index contributed by atoms with van der Waals surface area (Å²) in [6.45, 7) is 1.49. The molecule has 2 saturated heterocycles. The molecule has 1 aromatic rings. The Morgan fingerprint density at radius 3 is 2.87 bits per heavy atom. The Hall–Kier alpha value is -0.900. The highest BCUT2D eigenvalue weighted by atomic mass is 16.7. The Bertz CT molecular complexity index is 314. The molecule has 3 rings (SSSR count). The number of hydrogen-bond acceptors (Lipinski definition) is 3. The first-order valence-corrected chi connectivity index (χ1v) is 5.49. The van der Waals surface area contributed by atoms with E-state index in [1.807, 2.05) is 11.1 Å². The zero-order valence-corrected chi connectivity index (χ0v) is 8.63. The van der Waals surface area contributed by atoms with Gasteiger partial charge in [0.25, 0.3) is 0 Å². The number of benzene rings is 1. The molecule has 2 aliphatic heterocycles. The highest BCUT2D eigenvalue weighted by Gasteiger charge is 2.36. The second kappa shape index (κ2) is 3.93. The summed E-state index contributed by atoms with van der Waals surface area (Å²) in [5.74, 6) is 0. The van der Waals surface area contributed by atoms with Crippen LogP contribution in [0.1, 0.15) is 24.5 Å². The molecule has 2 fully saturated rings. The van der Waals surface area contributed by atoms with E-state index in [1.165, 1.54) is 5.56 Å². The lowest BCUT2D eigenvalue weighted by Crippen LogP contribution is -2.36. The fourth-order valence-corrected chi connectivity index (χ4v) is 2.29. The van der Waals surface area contributed by atoms with Crippen LogP contribution in [-0.4, -0.2) is 24.4 Å². The van der Waals surface area contributed by atoms with Crippen LogP contribution in [0, 0.1) is 0 Å². The lowest BCUT2D eigenvalue weighted by molar-refractivity contribution is -0.231. The Kier molecular flexibility index (Phi) is 2.44. The van der Waals surface area contributed by atoms with Gasteiger partial charge in [-0.25, -0.2) is 0 Å².